The van der Waals surface area contributed by atoms with Gasteiger partial charge in [-0.3, -0.25) is 0 Å². The van der Waals surface area contributed by atoms with Crippen LogP contribution in [0.1, 0.15) is 22.3 Å². The van der Waals surface area contributed by atoms with Gasteiger partial charge < -0.3 is 5.73 Å². The van der Waals surface area contributed by atoms with E-state index >= 15 is 0 Å². The van der Waals surface area contributed by atoms with Crippen LogP contribution in [0, 0.1) is 6.92 Å². The fourth-order valence-electron chi connectivity index (χ4n) is 2.01. The second kappa shape index (κ2) is 6.07. The van der Waals surface area contributed by atoms with E-state index in [0.29, 0.717) is 6.54 Å². The summed E-state index contributed by atoms with van der Waals surface area (Å²) in [5.41, 5.74) is 10.9. The van der Waals surface area contributed by atoms with Crippen LogP contribution in [0.15, 0.2) is 47.4 Å². The first-order valence-corrected chi connectivity index (χ1v) is 7.37. The molecule has 2 heteroatoms. The van der Waals surface area contributed by atoms with Gasteiger partial charge in [0.05, 0.1) is 0 Å². The Kier molecular flexibility index (Phi) is 4.45. The Labute approximate surface area is 113 Å². The maximum atomic E-state index is 5.61. The molecular formula is C16H19NS. The molecule has 94 valence electrons. The smallest absolute Gasteiger partial charge is 0.0178 e. The molecule has 1 nitrogen and oxygen atoms in total. The van der Waals surface area contributed by atoms with Crippen molar-refractivity contribution in [2.75, 3.05) is 6.26 Å². The van der Waals surface area contributed by atoms with Crippen molar-refractivity contribution < 1.29 is 0 Å². The van der Waals surface area contributed by atoms with Gasteiger partial charge in [0.1, 0.15) is 0 Å². The number of hydrogen-bond acceptors (Lipinski definition) is 2. The zero-order valence-electron chi connectivity index (χ0n) is 10.9. The summed E-state index contributed by atoms with van der Waals surface area (Å²) in [5, 5.41) is 0. The second-order valence-electron chi connectivity index (χ2n) is 4.49. The molecule has 0 unspecified atom stereocenters. The molecule has 2 aromatic rings. The van der Waals surface area contributed by atoms with E-state index in [1.54, 1.807) is 11.8 Å². The Balaban J connectivity index is 2.17. The van der Waals surface area contributed by atoms with Crippen LogP contribution in [0.2, 0.25) is 0 Å². The Morgan fingerprint density at radius 1 is 1.00 bits per heavy atom. The lowest BCUT2D eigenvalue weighted by Gasteiger charge is -2.08. The summed E-state index contributed by atoms with van der Waals surface area (Å²) in [6.45, 7) is 2.80. The van der Waals surface area contributed by atoms with Crippen LogP contribution in [-0.2, 0) is 13.0 Å². The van der Waals surface area contributed by atoms with Crippen molar-refractivity contribution >= 4 is 11.8 Å². The van der Waals surface area contributed by atoms with Gasteiger partial charge in [-0.15, -0.1) is 11.8 Å². The maximum Gasteiger partial charge on any atom is 0.0178 e. The minimum atomic E-state index is 0.613. The Morgan fingerprint density at radius 2 is 1.67 bits per heavy atom. The average molecular weight is 257 g/mol. The van der Waals surface area contributed by atoms with E-state index < -0.39 is 0 Å². The van der Waals surface area contributed by atoms with Crippen LogP contribution in [0.5, 0.6) is 0 Å². The largest absolute Gasteiger partial charge is 0.326 e. The Morgan fingerprint density at radius 3 is 2.22 bits per heavy atom. The van der Waals surface area contributed by atoms with Gasteiger partial charge in [-0.25, -0.2) is 0 Å². The first-order valence-electron chi connectivity index (χ1n) is 6.14. The van der Waals surface area contributed by atoms with Gasteiger partial charge in [-0.1, -0.05) is 30.3 Å². The van der Waals surface area contributed by atoms with Gasteiger partial charge in [0.2, 0.25) is 0 Å². The number of benzene rings is 2. The lowest BCUT2D eigenvalue weighted by Crippen LogP contribution is -1.97. The van der Waals surface area contributed by atoms with Crippen molar-refractivity contribution in [1.29, 1.82) is 0 Å². The molecule has 0 aliphatic heterocycles. The van der Waals surface area contributed by atoms with Crippen LogP contribution >= 0.6 is 11.8 Å². The molecule has 2 aromatic carbocycles. The number of nitrogens with two attached hydrogens (primary N) is 1. The topological polar surface area (TPSA) is 26.0 Å². The third-order valence-electron chi connectivity index (χ3n) is 3.20. The van der Waals surface area contributed by atoms with Crippen LogP contribution in [0.3, 0.4) is 0 Å². The highest BCUT2D eigenvalue weighted by Gasteiger charge is 2.01. The molecule has 0 aliphatic rings. The Hall–Kier alpha value is -1.25. The minimum absolute atomic E-state index is 0.613. The van der Waals surface area contributed by atoms with Crippen molar-refractivity contribution in [3.63, 3.8) is 0 Å². The molecular weight excluding hydrogens is 238 g/mol. The molecule has 0 amide bonds. The van der Waals surface area contributed by atoms with E-state index in [4.69, 9.17) is 5.73 Å². The number of rotatable bonds is 4. The lowest BCUT2D eigenvalue weighted by atomic mass is 10.00. The van der Waals surface area contributed by atoms with Crippen molar-refractivity contribution in [1.82, 2.24) is 0 Å². The van der Waals surface area contributed by atoms with E-state index in [9.17, 15) is 0 Å². The van der Waals surface area contributed by atoms with Crippen molar-refractivity contribution in [2.24, 2.45) is 5.73 Å². The molecule has 0 bridgehead atoms. The number of aryl methyl sites for hydroxylation is 1. The van der Waals surface area contributed by atoms with Crippen LogP contribution in [-0.4, -0.2) is 6.26 Å². The zero-order valence-corrected chi connectivity index (χ0v) is 11.8. The monoisotopic (exact) mass is 257 g/mol. The average Bonchev–Trinajstić information content (AvgIpc) is 2.42. The fraction of sp³-hybridized carbons (Fsp3) is 0.250. The third-order valence-corrected chi connectivity index (χ3v) is 3.93. The molecule has 0 saturated carbocycles. The zero-order chi connectivity index (χ0) is 13.0. The second-order valence-corrected chi connectivity index (χ2v) is 5.37. The third kappa shape index (κ3) is 3.15. The molecule has 0 fully saturated rings. The molecule has 0 spiro atoms. The molecule has 2 N–H and O–H groups in total. The molecule has 0 aromatic heterocycles. The highest BCUT2D eigenvalue weighted by molar-refractivity contribution is 7.98. The van der Waals surface area contributed by atoms with E-state index in [0.717, 1.165) is 6.42 Å². The number of hydrogen-bond donors (Lipinski definition) is 1. The maximum absolute atomic E-state index is 5.61. The quantitative estimate of drug-likeness (QED) is 0.844. The summed E-state index contributed by atoms with van der Waals surface area (Å²) in [7, 11) is 0. The van der Waals surface area contributed by atoms with E-state index in [-0.39, 0.29) is 0 Å². The lowest BCUT2D eigenvalue weighted by molar-refractivity contribution is 1.06. The van der Waals surface area contributed by atoms with Crippen molar-refractivity contribution in [3.05, 3.63) is 64.7 Å². The van der Waals surface area contributed by atoms with Gasteiger partial charge in [0.25, 0.3) is 0 Å². The molecule has 18 heavy (non-hydrogen) atoms. The van der Waals surface area contributed by atoms with Gasteiger partial charge in [0, 0.05) is 11.4 Å². The highest BCUT2D eigenvalue weighted by atomic mass is 32.2. The standard InChI is InChI=1S/C16H19NS/c1-12-9-16(18-2)8-7-15(12)10-13-3-5-14(11-17)6-4-13/h3-9H,10-11,17H2,1-2H3. The minimum Gasteiger partial charge on any atom is -0.326 e. The van der Waals surface area contributed by atoms with E-state index in [2.05, 4.69) is 55.6 Å². The molecule has 0 saturated heterocycles. The first kappa shape index (κ1) is 13.2. The molecule has 2 rings (SSSR count). The molecule has 0 atom stereocenters. The molecule has 0 radical (unpaired) electrons. The molecule has 0 aliphatic carbocycles. The summed E-state index contributed by atoms with van der Waals surface area (Å²) in [6, 6.07) is 15.3. The normalized spacial score (nSPS) is 10.6. The predicted octanol–water partition coefficient (Wildman–Crippen LogP) is 3.77. The van der Waals surface area contributed by atoms with Crippen LogP contribution < -0.4 is 5.73 Å². The van der Waals surface area contributed by atoms with Gasteiger partial charge in [-0.05, 0) is 54.0 Å². The van der Waals surface area contributed by atoms with E-state index in [1.165, 1.54) is 27.1 Å². The van der Waals surface area contributed by atoms with Gasteiger partial charge in [0.15, 0.2) is 0 Å². The fourth-order valence-corrected chi connectivity index (χ4v) is 2.51. The summed E-state index contributed by atoms with van der Waals surface area (Å²) in [4.78, 5) is 1.33. The Bertz CT molecular complexity index is 517. The van der Waals surface area contributed by atoms with Crippen molar-refractivity contribution in [2.45, 2.75) is 24.8 Å². The molecule has 0 heterocycles. The summed E-state index contributed by atoms with van der Waals surface area (Å²) in [6.07, 6.45) is 3.10. The number of thioether (sulfide) groups is 1. The predicted molar refractivity (Wildman–Crippen MR) is 80.1 cm³/mol. The summed E-state index contributed by atoms with van der Waals surface area (Å²) in [5.74, 6) is 0. The van der Waals surface area contributed by atoms with Gasteiger partial charge in [-0.2, -0.15) is 0 Å². The highest BCUT2D eigenvalue weighted by Crippen LogP contribution is 2.21. The summed E-state index contributed by atoms with van der Waals surface area (Å²) >= 11 is 1.79. The van der Waals surface area contributed by atoms with Crippen molar-refractivity contribution in [3.8, 4) is 0 Å². The van der Waals surface area contributed by atoms with E-state index in [1.807, 2.05) is 0 Å². The van der Waals surface area contributed by atoms with Crippen LogP contribution in [0.4, 0.5) is 0 Å². The summed E-state index contributed by atoms with van der Waals surface area (Å²) < 4.78 is 0. The van der Waals surface area contributed by atoms with Gasteiger partial charge >= 0.3 is 0 Å². The SMILES string of the molecule is CSc1ccc(Cc2ccc(CN)cc2)c(C)c1. The first-order chi connectivity index (χ1) is 8.72. The van der Waals surface area contributed by atoms with Crippen LogP contribution in [0.25, 0.3) is 0 Å².